The van der Waals surface area contributed by atoms with E-state index in [0.717, 1.165) is 0 Å². The Kier molecular flexibility index (Phi) is 4.06. The summed E-state index contributed by atoms with van der Waals surface area (Å²) in [6.07, 6.45) is 3.03. The maximum absolute atomic E-state index is 11.9. The van der Waals surface area contributed by atoms with Gasteiger partial charge in [0.15, 0.2) is 5.78 Å². The predicted octanol–water partition coefficient (Wildman–Crippen LogP) is 2.11. The molecule has 0 fully saturated rings. The van der Waals surface area contributed by atoms with E-state index in [4.69, 9.17) is 0 Å². The molecule has 0 aliphatic rings. The number of hydrogen-bond acceptors (Lipinski definition) is 6. The van der Waals surface area contributed by atoms with Crippen molar-refractivity contribution in [1.82, 2.24) is 20.0 Å². The molecule has 0 unspecified atom stereocenters. The second-order valence-corrected chi connectivity index (χ2v) is 5.12. The number of Topliss-reactive ketones (excluding diaryl/α,β-unsaturated/α-hetero) is 1. The predicted molar refractivity (Wildman–Crippen MR) is 74.3 cm³/mol. The fourth-order valence-corrected chi connectivity index (χ4v) is 1.83. The van der Waals surface area contributed by atoms with Gasteiger partial charge in [0.25, 0.3) is 5.69 Å². The molecule has 0 aromatic carbocycles. The van der Waals surface area contributed by atoms with Gasteiger partial charge < -0.3 is 0 Å². The minimum Gasteiger partial charge on any atom is -0.292 e. The molecule has 0 atom stereocenters. The van der Waals surface area contributed by atoms with Crippen LogP contribution in [-0.2, 0) is 0 Å². The molecule has 0 N–H and O–H groups in total. The molecule has 21 heavy (non-hydrogen) atoms. The summed E-state index contributed by atoms with van der Waals surface area (Å²) in [5, 5.41) is 18.5. The lowest BCUT2D eigenvalue weighted by Crippen LogP contribution is -2.04. The van der Waals surface area contributed by atoms with Crippen molar-refractivity contribution in [2.45, 2.75) is 27.2 Å². The van der Waals surface area contributed by atoms with E-state index in [1.54, 1.807) is 6.92 Å². The van der Waals surface area contributed by atoms with Gasteiger partial charge in [0.1, 0.15) is 11.9 Å². The third kappa shape index (κ3) is 3.28. The first kappa shape index (κ1) is 14.8. The van der Waals surface area contributed by atoms with Crippen LogP contribution in [0.2, 0.25) is 0 Å². The molecule has 0 aliphatic carbocycles. The fraction of sp³-hybridized carbons (Fsp3) is 0.385. The molecule has 0 saturated heterocycles. The van der Waals surface area contributed by atoms with E-state index < -0.39 is 4.92 Å². The maximum atomic E-state index is 11.9. The third-order valence-electron chi connectivity index (χ3n) is 2.88. The second-order valence-electron chi connectivity index (χ2n) is 5.12. The first-order valence-electron chi connectivity index (χ1n) is 6.45. The van der Waals surface area contributed by atoms with Crippen molar-refractivity contribution in [3.63, 3.8) is 0 Å². The van der Waals surface area contributed by atoms with Crippen LogP contribution in [0.25, 0.3) is 5.69 Å². The molecule has 0 radical (unpaired) electrons. The molecule has 0 spiro atoms. The van der Waals surface area contributed by atoms with E-state index in [0.29, 0.717) is 17.8 Å². The Balaban J connectivity index is 2.35. The molecular formula is C13H15N5O3. The first-order valence-corrected chi connectivity index (χ1v) is 6.45. The van der Waals surface area contributed by atoms with E-state index >= 15 is 0 Å². The Morgan fingerprint density at radius 2 is 2.19 bits per heavy atom. The van der Waals surface area contributed by atoms with Crippen LogP contribution in [0.3, 0.4) is 0 Å². The number of carbonyl (C=O) groups excluding carboxylic acids is 1. The lowest BCUT2D eigenvalue weighted by molar-refractivity contribution is -0.385. The van der Waals surface area contributed by atoms with Gasteiger partial charge in [-0.3, -0.25) is 19.9 Å². The number of hydrogen-bond donors (Lipinski definition) is 0. The Morgan fingerprint density at radius 1 is 1.48 bits per heavy atom. The zero-order valence-corrected chi connectivity index (χ0v) is 12.0. The summed E-state index contributed by atoms with van der Waals surface area (Å²) in [7, 11) is 0. The number of aryl methyl sites for hydroxylation is 1. The van der Waals surface area contributed by atoms with Crippen LogP contribution in [0.5, 0.6) is 0 Å². The smallest absolute Gasteiger partial charge is 0.289 e. The molecule has 110 valence electrons. The van der Waals surface area contributed by atoms with Gasteiger partial charge in [-0.05, 0) is 12.8 Å². The van der Waals surface area contributed by atoms with Crippen LogP contribution in [0.4, 0.5) is 5.69 Å². The van der Waals surface area contributed by atoms with Crippen molar-refractivity contribution in [3.05, 3.63) is 40.0 Å². The van der Waals surface area contributed by atoms with Crippen LogP contribution in [-0.4, -0.2) is 30.7 Å². The highest BCUT2D eigenvalue weighted by Crippen LogP contribution is 2.18. The molecule has 0 aliphatic heterocycles. The first-order chi connectivity index (χ1) is 9.88. The number of nitrogens with zero attached hydrogens (tertiary/aromatic N) is 5. The molecule has 8 heteroatoms. The topological polar surface area (TPSA) is 104 Å². The number of rotatable bonds is 5. The third-order valence-corrected chi connectivity index (χ3v) is 2.88. The van der Waals surface area contributed by atoms with Gasteiger partial charge in [0, 0.05) is 12.5 Å². The summed E-state index contributed by atoms with van der Waals surface area (Å²) in [4.78, 5) is 26.2. The fourth-order valence-electron chi connectivity index (χ4n) is 1.83. The average molecular weight is 289 g/mol. The van der Waals surface area contributed by atoms with Crippen molar-refractivity contribution in [1.29, 1.82) is 0 Å². The maximum Gasteiger partial charge on any atom is 0.289 e. The molecule has 2 rings (SSSR count). The molecule has 0 bridgehead atoms. The summed E-state index contributed by atoms with van der Waals surface area (Å²) in [6.45, 7) is 5.59. The van der Waals surface area contributed by atoms with E-state index in [-0.39, 0.29) is 23.1 Å². The normalized spacial score (nSPS) is 10.9. The van der Waals surface area contributed by atoms with Crippen molar-refractivity contribution < 1.29 is 9.72 Å². The zero-order valence-electron chi connectivity index (χ0n) is 12.0. The average Bonchev–Trinajstić information content (AvgIpc) is 2.87. The Morgan fingerprint density at radius 3 is 2.81 bits per heavy atom. The van der Waals surface area contributed by atoms with E-state index in [1.165, 1.54) is 23.1 Å². The van der Waals surface area contributed by atoms with Crippen molar-refractivity contribution in [2.75, 3.05) is 0 Å². The van der Waals surface area contributed by atoms with E-state index in [9.17, 15) is 14.9 Å². The molecular weight excluding hydrogens is 274 g/mol. The lowest BCUT2D eigenvalue weighted by Gasteiger charge is -2.03. The number of aromatic nitrogens is 4. The number of nitro groups is 1. The van der Waals surface area contributed by atoms with Crippen molar-refractivity contribution in [3.8, 4) is 5.69 Å². The van der Waals surface area contributed by atoms with Gasteiger partial charge in [0.05, 0.1) is 22.5 Å². The Labute approximate surface area is 121 Å². The second kappa shape index (κ2) is 5.78. The van der Waals surface area contributed by atoms with E-state index in [2.05, 4.69) is 15.3 Å². The van der Waals surface area contributed by atoms with Crippen LogP contribution >= 0.6 is 0 Å². The lowest BCUT2D eigenvalue weighted by atomic mass is 10.1. The van der Waals surface area contributed by atoms with Crippen molar-refractivity contribution >= 4 is 11.5 Å². The Bertz CT molecular complexity index is 693. The standard InChI is InChI=1S/C13H15N5O3/c1-8(2)4-13(19)11-7-17(16-15-11)12-5-10(18(20)21)6-14-9(12)3/h5-8H,4H2,1-3H3. The summed E-state index contributed by atoms with van der Waals surface area (Å²) >= 11 is 0. The summed E-state index contributed by atoms with van der Waals surface area (Å²) in [5.74, 6) is 0.121. The number of carbonyl (C=O) groups is 1. The van der Waals surface area contributed by atoms with Gasteiger partial charge in [-0.2, -0.15) is 0 Å². The molecule has 2 heterocycles. The monoisotopic (exact) mass is 289 g/mol. The van der Waals surface area contributed by atoms with Crippen LogP contribution < -0.4 is 0 Å². The molecule has 0 amide bonds. The summed E-state index contributed by atoms with van der Waals surface area (Å²) < 4.78 is 1.34. The molecule has 8 nitrogen and oxygen atoms in total. The van der Waals surface area contributed by atoms with E-state index in [1.807, 2.05) is 13.8 Å². The highest BCUT2D eigenvalue weighted by atomic mass is 16.6. The quantitative estimate of drug-likeness (QED) is 0.474. The van der Waals surface area contributed by atoms with Gasteiger partial charge in [-0.15, -0.1) is 5.10 Å². The minimum atomic E-state index is -0.530. The molecule has 0 saturated carbocycles. The zero-order chi connectivity index (χ0) is 15.6. The largest absolute Gasteiger partial charge is 0.292 e. The number of ketones is 1. The molecule has 2 aromatic heterocycles. The van der Waals surface area contributed by atoms with Gasteiger partial charge in [-0.1, -0.05) is 19.1 Å². The van der Waals surface area contributed by atoms with Crippen LogP contribution in [0, 0.1) is 23.0 Å². The summed E-state index contributed by atoms with van der Waals surface area (Å²) in [6, 6.07) is 1.35. The van der Waals surface area contributed by atoms with Gasteiger partial charge >= 0.3 is 0 Å². The van der Waals surface area contributed by atoms with Gasteiger partial charge in [-0.25, -0.2) is 4.68 Å². The minimum absolute atomic E-state index is 0.104. The summed E-state index contributed by atoms with van der Waals surface area (Å²) in [5.41, 5.74) is 1.10. The van der Waals surface area contributed by atoms with Crippen LogP contribution in [0.1, 0.15) is 36.5 Å². The van der Waals surface area contributed by atoms with Crippen molar-refractivity contribution in [2.24, 2.45) is 5.92 Å². The van der Waals surface area contributed by atoms with Crippen LogP contribution in [0.15, 0.2) is 18.5 Å². The highest BCUT2D eigenvalue weighted by Gasteiger charge is 2.16. The van der Waals surface area contributed by atoms with Gasteiger partial charge in [0.2, 0.25) is 0 Å². The highest BCUT2D eigenvalue weighted by molar-refractivity contribution is 5.94. The number of pyridine rings is 1. The SMILES string of the molecule is Cc1ncc([N+](=O)[O-])cc1-n1cc(C(=O)CC(C)C)nn1. The Hall–Kier alpha value is -2.64. The molecule has 2 aromatic rings.